The molecule has 0 saturated carbocycles. The normalized spacial score (nSPS) is 14.2. The van der Waals surface area contributed by atoms with Gasteiger partial charge in [-0.1, -0.05) is 0 Å². The van der Waals surface area contributed by atoms with Gasteiger partial charge in [0.15, 0.2) is 0 Å². The molecule has 172 valence electrons. The SMILES string of the molecule is CC(=O)[S][Sn]([S]C(C)=O)([CH]1c2ccccc2-c2ccccc21)[CH]1c2ccccc2-c2ccccc21. The minimum absolute atomic E-state index is 0.0729. The Labute approximate surface area is 215 Å². The van der Waals surface area contributed by atoms with Crippen molar-refractivity contribution in [1.29, 1.82) is 0 Å². The molecule has 2 aliphatic rings. The van der Waals surface area contributed by atoms with Crippen molar-refractivity contribution in [3.63, 3.8) is 0 Å². The predicted molar refractivity (Wildman–Crippen MR) is 150 cm³/mol. The van der Waals surface area contributed by atoms with Crippen molar-refractivity contribution in [2.45, 2.75) is 21.7 Å². The van der Waals surface area contributed by atoms with Crippen molar-refractivity contribution in [3.8, 4) is 22.3 Å². The van der Waals surface area contributed by atoms with Crippen molar-refractivity contribution in [2.24, 2.45) is 0 Å². The second kappa shape index (κ2) is 8.98. The number of rotatable bonds is 4. The fourth-order valence-corrected chi connectivity index (χ4v) is 40.7. The van der Waals surface area contributed by atoms with Gasteiger partial charge in [0.05, 0.1) is 0 Å². The van der Waals surface area contributed by atoms with E-state index in [0.717, 1.165) is 0 Å². The van der Waals surface area contributed by atoms with Gasteiger partial charge in [0.1, 0.15) is 0 Å². The Balaban J connectivity index is 1.71. The number of hydrogen-bond acceptors (Lipinski definition) is 4. The molecule has 5 heteroatoms. The molecular weight excluding hydrogens is 575 g/mol. The van der Waals surface area contributed by atoms with Gasteiger partial charge in [0.25, 0.3) is 0 Å². The van der Waals surface area contributed by atoms with Gasteiger partial charge in [-0.2, -0.15) is 0 Å². The maximum atomic E-state index is 13.1. The summed E-state index contributed by atoms with van der Waals surface area (Å²) in [6.45, 7) is 3.35. The van der Waals surface area contributed by atoms with E-state index < -0.39 is 15.6 Å². The molecular formula is C30H24O2S2Sn. The fraction of sp³-hybridized carbons (Fsp3) is 0.133. The molecule has 2 nitrogen and oxygen atoms in total. The van der Waals surface area contributed by atoms with E-state index in [9.17, 15) is 9.59 Å². The second-order valence-corrected chi connectivity index (χ2v) is 32.4. The van der Waals surface area contributed by atoms with E-state index in [-0.39, 0.29) is 18.1 Å². The van der Waals surface area contributed by atoms with Crippen molar-refractivity contribution < 1.29 is 9.59 Å². The molecule has 0 unspecified atom stereocenters. The van der Waals surface area contributed by atoms with E-state index in [1.54, 1.807) is 13.8 Å². The molecule has 0 amide bonds. The third-order valence-electron chi connectivity index (χ3n) is 7.08. The van der Waals surface area contributed by atoms with E-state index in [1.807, 2.05) is 0 Å². The molecule has 0 spiro atoms. The van der Waals surface area contributed by atoms with Gasteiger partial charge in [-0.15, -0.1) is 0 Å². The van der Waals surface area contributed by atoms with Gasteiger partial charge < -0.3 is 0 Å². The Morgan fingerprint density at radius 3 is 1.03 bits per heavy atom. The summed E-state index contributed by atoms with van der Waals surface area (Å²) in [5.74, 6) is 0. The summed E-state index contributed by atoms with van der Waals surface area (Å²) >= 11 is -4.02. The van der Waals surface area contributed by atoms with Crippen LogP contribution in [0.25, 0.3) is 22.3 Å². The Hall–Kier alpha value is -2.28. The summed E-state index contributed by atoms with van der Waals surface area (Å²) in [6.07, 6.45) is 0. The fourth-order valence-electron chi connectivity index (χ4n) is 6.05. The Morgan fingerprint density at radius 1 is 0.514 bits per heavy atom. The maximum absolute atomic E-state index is 13.1. The van der Waals surface area contributed by atoms with Crippen LogP contribution >= 0.6 is 17.9 Å². The van der Waals surface area contributed by atoms with Crippen LogP contribution < -0.4 is 0 Å². The van der Waals surface area contributed by atoms with Crippen LogP contribution in [0.1, 0.15) is 44.0 Å². The zero-order valence-electron chi connectivity index (χ0n) is 19.5. The molecule has 0 heterocycles. The van der Waals surface area contributed by atoms with Gasteiger partial charge in [-0.25, -0.2) is 0 Å². The van der Waals surface area contributed by atoms with Crippen molar-refractivity contribution in [2.75, 3.05) is 0 Å². The molecule has 4 aromatic rings. The number of hydrogen-bond donors (Lipinski definition) is 0. The van der Waals surface area contributed by atoms with Crippen LogP contribution in [0.15, 0.2) is 97.1 Å². The van der Waals surface area contributed by atoms with Crippen LogP contribution in [0.3, 0.4) is 0 Å². The summed E-state index contributed by atoms with van der Waals surface area (Å²) < 4.78 is 0.146. The Morgan fingerprint density at radius 2 is 0.771 bits per heavy atom. The van der Waals surface area contributed by atoms with Crippen molar-refractivity contribution in [1.82, 2.24) is 0 Å². The van der Waals surface area contributed by atoms with Gasteiger partial charge in [-0.05, 0) is 0 Å². The van der Waals surface area contributed by atoms with E-state index in [1.165, 1.54) is 62.4 Å². The van der Waals surface area contributed by atoms with Crippen molar-refractivity contribution >= 4 is 43.7 Å². The van der Waals surface area contributed by atoms with E-state index in [2.05, 4.69) is 97.1 Å². The number of fused-ring (bicyclic) bond motifs is 6. The van der Waals surface area contributed by atoms with Crippen LogP contribution in [-0.4, -0.2) is 25.8 Å². The number of benzene rings is 4. The molecule has 0 radical (unpaired) electrons. The molecule has 2 aliphatic carbocycles. The quantitative estimate of drug-likeness (QED) is 0.226. The zero-order chi connectivity index (χ0) is 24.2. The molecule has 0 fully saturated rings. The summed E-state index contributed by atoms with van der Waals surface area (Å²) in [4.78, 5) is 26.2. The molecule has 35 heavy (non-hydrogen) atoms. The summed E-state index contributed by atoms with van der Waals surface area (Å²) in [5.41, 5.74) is 10.0. The molecule has 0 aromatic heterocycles. The van der Waals surface area contributed by atoms with Crippen LogP contribution in [0.5, 0.6) is 0 Å². The average molecular weight is 599 g/mol. The summed E-state index contributed by atoms with van der Waals surface area (Å²) in [5, 5.41) is 0.219. The monoisotopic (exact) mass is 600 g/mol. The van der Waals surface area contributed by atoms with Crippen molar-refractivity contribution in [3.05, 3.63) is 119 Å². The van der Waals surface area contributed by atoms with Gasteiger partial charge in [0.2, 0.25) is 0 Å². The molecule has 0 aliphatic heterocycles. The predicted octanol–water partition coefficient (Wildman–Crippen LogP) is 7.69. The number of carbonyl (C=O) groups excluding carboxylic acids is 2. The first-order valence-electron chi connectivity index (χ1n) is 11.8. The van der Waals surface area contributed by atoms with Gasteiger partial charge >= 0.3 is 217 Å². The molecule has 4 aromatic carbocycles. The van der Waals surface area contributed by atoms with Crippen LogP contribution in [0.2, 0.25) is 0 Å². The van der Waals surface area contributed by atoms with Gasteiger partial charge in [-0.3, -0.25) is 0 Å². The molecule has 0 saturated heterocycles. The van der Waals surface area contributed by atoms with E-state index in [0.29, 0.717) is 0 Å². The van der Waals surface area contributed by atoms with Crippen LogP contribution in [-0.2, 0) is 9.59 Å². The first kappa shape index (κ1) is 23.1. The Bertz CT molecular complexity index is 1290. The third-order valence-corrected chi connectivity index (χ3v) is 36.5. The molecule has 6 rings (SSSR count). The van der Waals surface area contributed by atoms with E-state index >= 15 is 0 Å². The third kappa shape index (κ3) is 3.64. The van der Waals surface area contributed by atoms with Gasteiger partial charge in [0, 0.05) is 0 Å². The average Bonchev–Trinajstić information content (AvgIpc) is 3.37. The summed E-state index contributed by atoms with van der Waals surface area (Å²) in [6, 6.07) is 34.4. The standard InChI is InChI=1S/2C13H9.2C2H4OS.Sn/c2*1-3-7-12-10(5-1)9-11-6-2-4-8-13(11)12;2*1-2(3)4;/h2*1-9H;2*1H3,(H,3,4);/q;;;;+2/p-2. The summed E-state index contributed by atoms with van der Waals surface area (Å²) in [7, 11) is 3.07. The molecule has 0 atom stereocenters. The first-order chi connectivity index (χ1) is 17.0. The van der Waals surface area contributed by atoms with E-state index in [4.69, 9.17) is 0 Å². The first-order valence-corrected chi connectivity index (χ1v) is 23.7. The second-order valence-electron chi connectivity index (χ2n) is 9.12. The van der Waals surface area contributed by atoms with Crippen LogP contribution in [0, 0.1) is 0 Å². The topological polar surface area (TPSA) is 34.1 Å². The Kier molecular flexibility index (Phi) is 5.94. The zero-order valence-corrected chi connectivity index (χ0v) is 24.0. The number of carbonyl (C=O) groups is 2. The molecule has 0 bridgehead atoms. The van der Waals surface area contributed by atoms with Crippen LogP contribution in [0.4, 0.5) is 0 Å². The molecule has 0 N–H and O–H groups in total. The minimum atomic E-state index is -4.02.